The van der Waals surface area contributed by atoms with Crippen LogP contribution in [0.15, 0.2) is 24.3 Å². The Hall–Kier alpha value is -1.50. The lowest BCUT2D eigenvalue weighted by Crippen LogP contribution is -2.37. The molecule has 1 amide bonds. The minimum absolute atomic E-state index is 0.0622. The summed E-state index contributed by atoms with van der Waals surface area (Å²) in [5.41, 5.74) is 6.03. The summed E-state index contributed by atoms with van der Waals surface area (Å²) in [4.78, 5) is 11.8. The summed E-state index contributed by atoms with van der Waals surface area (Å²) >= 11 is 0. The normalized spacial score (nSPS) is 23.6. The number of nitrogens with one attached hydrogen (secondary N) is 1. The van der Waals surface area contributed by atoms with Crippen molar-refractivity contribution in [3.05, 3.63) is 35.6 Å². The number of carbonyl (C=O) groups is 1. The van der Waals surface area contributed by atoms with Crippen LogP contribution in [0.4, 0.5) is 4.39 Å². The molecule has 1 unspecified atom stereocenters. The van der Waals surface area contributed by atoms with Gasteiger partial charge in [-0.2, -0.15) is 0 Å². The van der Waals surface area contributed by atoms with Crippen LogP contribution in [0.2, 0.25) is 0 Å². The Balaban J connectivity index is 1.80. The molecule has 0 saturated carbocycles. The third-order valence-corrected chi connectivity index (χ3v) is 3.39. The summed E-state index contributed by atoms with van der Waals surface area (Å²) in [6, 6.07) is 5.52. The van der Waals surface area contributed by atoms with Gasteiger partial charge >= 0.3 is 0 Å². The molecule has 1 aromatic carbocycles. The summed E-state index contributed by atoms with van der Waals surface area (Å²) in [6.45, 7) is 0.472. The van der Waals surface area contributed by atoms with Crippen molar-refractivity contribution in [3.63, 3.8) is 0 Å². The van der Waals surface area contributed by atoms with Gasteiger partial charge in [-0.05, 0) is 30.5 Å². The topological polar surface area (TPSA) is 84.6 Å². The van der Waals surface area contributed by atoms with E-state index in [2.05, 4.69) is 5.32 Å². The highest BCUT2D eigenvalue weighted by Gasteiger charge is 2.29. The molecule has 2 rings (SSSR count). The van der Waals surface area contributed by atoms with Gasteiger partial charge in [0, 0.05) is 13.1 Å². The minimum Gasteiger partial charge on any atom is -0.387 e. The lowest BCUT2D eigenvalue weighted by Gasteiger charge is -2.15. The number of carbonyl (C=O) groups excluding carboxylic acids is 1. The van der Waals surface area contributed by atoms with Gasteiger partial charge in [0.15, 0.2) is 0 Å². The standard InChI is InChI=1S/C14H19FN2O3/c15-10-3-1-9(2-4-10)12(18)8-17-14(19)13-6-5-11(7-16)20-13/h1-4,11-13,18H,5-8,16H2,(H,17,19)/t11-,12?,13+/m1/s1. The first-order valence-electron chi connectivity index (χ1n) is 6.67. The van der Waals surface area contributed by atoms with E-state index in [0.717, 1.165) is 6.42 Å². The Morgan fingerprint density at radius 1 is 1.45 bits per heavy atom. The van der Waals surface area contributed by atoms with E-state index < -0.39 is 12.2 Å². The number of hydrogen-bond donors (Lipinski definition) is 3. The van der Waals surface area contributed by atoms with Crippen LogP contribution in [0, 0.1) is 5.82 Å². The van der Waals surface area contributed by atoms with Crippen molar-refractivity contribution in [2.75, 3.05) is 13.1 Å². The van der Waals surface area contributed by atoms with E-state index in [1.807, 2.05) is 0 Å². The van der Waals surface area contributed by atoms with Crippen molar-refractivity contribution in [1.82, 2.24) is 5.32 Å². The predicted octanol–water partition coefficient (Wildman–Crippen LogP) is 0.482. The van der Waals surface area contributed by atoms with Crippen molar-refractivity contribution >= 4 is 5.91 Å². The van der Waals surface area contributed by atoms with Crippen LogP contribution in [0.3, 0.4) is 0 Å². The first-order chi connectivity index (χ1) is 9.60. The molecule has 0 aromatic heterocycles. The molecule has 0 bridgehead atoms. The second-order valence-corrected chi connectivity index (χ2v) is 4.87. The first kappa shape index (κ1) is 14.9. The number of aliphatic hydroxyl groups is 1. The van der Waals surface area contributed by atoms with Crippen molar-refractivity contribution < 1.29 is 19.0 Å². The number of amides is 1. The summed E-state index contributed by atoms with van der Waals surface area (Å²) in [5, 5.41) is 12.5. The molecule has 0 spiro atoms. The largest absolute Gasteiger partial charge is 0.387 e. The number of benzene rings is 1. The maximum Gasteiger partial charge on any atom is 0.249 e. The van der Waals surface area contributed by atoms with Crippen LogP contribution < -0.4 is 11.1 Å². The lowest BCUT2D eigenvalue weighted by atomic mass is 10.1. The number of ether oxygens (including phenoxy) is 1. The molecule has 6 heteroatoms. The molecule has 110 valence electrons. The quantitative estimate of drug-likeness (QED) is 0.733. The highest BCUT2D eigenvalue weighted by atomic mass is 19.1. The Labute approximate surface area is 116 Å². The first-order valence-corrected chi connectivity index (χ1v) is 6.67. The number of hydrogen-bond acceptors (Lipinski definition) is 4. The van der Waals surface area contributed by atoms with E-state index >= 15 is 0 Å². The number of aliphatic hydroxyl groups excluding tert-OH is 1. The van der Waals surface area contributed by atoms with E-state index in [1.165, 1.54) is 24.3 Å². The molecule has 5 nitrogen and oxygen atoms in total. The van der Waals surface area contributed by atoms with E-state index in [9.17, 15) is 14.3 Å². The lowest BCUT2D eigenvalue weighted by molar-refractivity contribution is -0.132. The van der Waals surface area contributed by atoms with Crippen LogP contribution in [0.25, 0.3) is 0 Å². The van der Waals surface area contributed by atoms with Gasteiger partial charge in [-0.3, -0.25) is 4.79 Å². The fraction of sp³-hybridized carbons (Fsp3) is 0.500. The molecule has 1 aliphatic heterocycles. The molecule has 4 N–H and O–H groups in total. The van der Waals surface area contributed by atoms with Gasteiger partial charge in [0.1, 0.15) is 11.9 Å². The fourth-order valence-corrected chi connectivity index (χ4v) is 2.19. The average molecular weight is 282 g/mol. The van der Waals surface area contributed by atoms with E-state index in [-0.39, 0.29) is 24.4 Å². The Morgan fingerprint density at radius 2 is 2.15 bits per heavy atom. The van der Waals surface area contributed by atoms with Gasteiger partial charge in [0.25, 0.3) is 0 Å². The van der Waals surface area contributed by atoms with E-state index in [1.54, 1.807) is 0 Å². The van der Waals surface area contributed by atoms with Gasteiger partial charge < -0.3 is 20.9 Å². The number of rotatable bonds is 5. The Kier molecular flexibility index (Phi) is 5.05. The zero-order chi connectivity index (χ0) is 14.5. The molecule has 1 heterocycles. The third kappa shape index (κ3) is 3.75. The smallest absolute Gasteiger partial charge is 0.249 e. The number of nitrogens with two attached hydrogens (primary N) is 1. The van der Waals surface area contributed by atoms with Gasteiger partial charge in [0.05, 0.1) is 12.2 Å². The van der Waals surface area contributed by atoms with Gasteiger partial charge in [-0.25, -0.2) is 4.39 Å². The predicted molar refractivity (Wildman–Crippen MR) is 71.3 cm³/mol. The molecule has 1 saturated heterocycles. The molecular formula is C14H19FN2O3. The van der Waals surface area contributed by atoms with E-state index in [4.69, 9.17) is 10.5 Å². The molecular weight excluding hydrogens is 263 g/mol. The third-order valence-electron chi connectivity index (χ3n) is 3.39. The van der Waals surface area contributed by atoms with Crippen LogP contribution >= 0.6 is 0 Å². The van der Waals surface area contributed by atoms with Crippen molar-refractivity contribution in [3.8, 4) is 0 Å². The SMILES string of the molecule is NC[C@H]1CC[C@@H](C(=O)NCC(O)c2ccc(F)cc2)O1. The zero-order valence-electron chi connectivity index (χ0n) is 11.1. The van der Waals surface area contributed by atoms with Crippen LogP contribution in [0.1, 0.15) is 24.5 Å². The monoisotopic (exact) mass is 282 g/mol. The molecule has 0 aliphatic carbocycles. The Bertz CT molecular complexity index is 452. The van der Waals surface area contributed by atoms with Crippen molar-refractivity contribution in [1.29, 1.82) is 0 Å². The second-order valence-electron chi connectivity index (χ2n) is 4.87. The highest BCUT2D eigenvalue weighted by molar-refractivity contribution is 5.81. The average Bonchev–Trinajstić information content (AvgIpc) is 2.94. The maximum atomic E-state index is 12.8. The molecule has 1 aromatic rings. The molecule has 3 atom stereocenters. The number of halogens is 1. The molecule has 1 aliphatic rings. The fourth-order valence-electron chi connectivity index (χ4n) is 2.19. The summed E-state index contributed by atoms with van der Waals surface area (Å²) in [7, 11) is 0. The van der Waals surface area contributed by atoms with Gasteiger partial charge in [-0.15, -0.1) is 0 Å². The maximum absolute atomic E-state index is 12.8. The van der Waals surface area contributed by atoms with Crippen molar-refractivity contribution in [2.45, 2.75) is 31.2 Å². The summed E-state index contributed by atoms with van der Waals surface area (Å²) < 4.78 is 18.2. The summed E-state index contributed by atoms with van der Waals surface area (Å²) in [5.74, 6) is -0.612. The second kappa shape index (κ2) is 6.78. The molecule has 0 radical (unpaired) electrons. The van der Waals surface area contributed by atoms with Crippen LogP contribution in [-0.4, -0.2) is 36.3 Å². The Morgan fingerprint density at radius 3 is 2.75 bits per heavy atom. The highest BCUT2D eigenvalue weighted by Crippen LogP contribution is 2.19. The van der Waals surface area contributed by atoms with Gasteiger partial charge in [-0.1, -0.05) is 12.1 Å². The van der Waals surface area contributed by atoms with Crippen molar-refractivity contribution in [2.24, 2.45) is 5.73 Å². The van der Waals surface area contributed by atoms with Crippen LogP contribution in [0.5, 0.6) is 0 Å². The molecule has 1 fully saturated rings. The van der Waals surface area contributed by atoms with Crippen LogP contribution in [-0.2, 0) is 9.53 Å². The van der Waals surface area contributed by atoms with Gasteiger partial charge in [0.2, 0.25) is 5.91 Å². The van der Waals surface area contributed by atoms with E-state index in [0.29, 0.717) is 18.5 Å². The minimum atomic E-state index is -0.869. The zero-order valence-corrected chi connectivity index (χ0v) is 11.1. The molecule has 20 heavy (non-hydrogen) atoms. The summed E-state index contributed by atoms with van der Waals surface area (Å²) in [6.07, 6.45) is -0.0156.